The Morgan fingerprint density at radius 3 is 2.27 bits per heavy atom. The van der Waals surface area contributed by atoms with Crippen LogP contribution >= 0.6 is 0 Å². The molecule has 4 nitrogen and oxygen atoms in total. The molecule has 0 unspecified atom stereocenters. The highest BCUT2D eigenvalue weighted by molar-refractivity contribution is 5.89. The Balaban J connectivity index is 1.87. The lowest BCUT2D eigenvalue weighted by molar-refractivity contribution is 0.145. The summed E-state index contributed by atoms with van der Waals surface area (Å²) in [6.07, 6.45) is -5.81. The Morgan fingerprint density at radius 2 is 1.57 bits per heavy atom. The van der Waals surface area contributed by atoms with Gasteiger partial charge in [-0.3, -0.25) is 0 Å². The van der Waals surface area contributed by atoms with Gasteiger partial charge in [-0.25, -0.2) is 31.9 Å². The normalized spacial score (nSPS) is 11.7. The number of hydrogen-bond acceptors (Lipinski definition) is 4. The van der Waals surface area contributed by atoms with E-state index in [4.69, 9.17) is 4.74 Å². The highest BCUT2D eigenvalue weighted by atomic mass is 19.3. The summed E-state index contributed by atoms with van der Waals surface area (Å²) in [5.74, 6) is -1.12. The molecule has 0 aliphatic carbocycles. The van der Waals surface area contributed by atoms with Gasteiger partial charge in [0.25, 0.3) is 12.9 Å². The van der Waals surface area contributed by atoms with Gasteiger partial charge in [-0.2, -0.15) is 0 Å². The summed E-state index contributed by atoms with van der Waals surface area (Å²) in [5.41, 5.74) is -0.943. The minimum Gasteiger partial charge on any atom is -0.507 e. The number of nitrogens with zero attached hydrogens (tertiary/aromatic N) is 2. The van der Waals surface area contributed by atoms with Crippen LogP contribution in [0.5, 0.6) is 17.2 Å². The fraction of sp³-hybridized carbons (Fsp3) is 0.143. The van der Waals surface area contributed by atoms with Crippen molar-refractivity contribution in [2.75, 3.05) is 0 Å². The van der Waals surface area contributed by atoms with Crippen molar-refractivity contribution in [3.05, 3.63) is 65.2 Å². The van der Waals surface area contributed by atoms with Crippen molar-refractivity contribution in [2.24, 2.45) is 0 Å². The first-order valence-electron chi connectivity index (χ1n) is 8.72. The van der Waals surface area contributed by atoms with Crippen LogP contribution in [0.15, 0.2) is 42.5 Å². The molecule has 30 heavy (non-hydrogen) atoms. The van der Waals surface area contributed by atoms with Crippen molar-refractivity contribution in [1.82, 2.24) is 9.97 Å². The van der Waals surface area contributed by atoms with Gasteiger partial charge in [0.15, 0.2) is 0 Å². The third-order valence-corrected chi connectivity index (χ3v) is 4.54. The summed E-state index contributed by atoms with van der Waals surface area (Å²) in [4.78, 5) is 7.48. The molecule has 0 bridgehead atoms. The monoisotopic (exact) mass is 420 g/mol. The second-order valence-electron chi connectivity index (χ2n) is 6.59. The zero-order chi connectivity index (χ0) is 21.6. The van der Waals surface area contributed by atoms with E-state index in [1.165, 1.54) is 24.3 Å². The number of pyridine rings is 2. The zero-order valence-corrected chi connectivity index (χ0v) is 15.3. The Morgan fingerprint density at radius 1 is 0.867 bits per heavy atom. The number of aryl methyl sites for hydroxylation is 1. The number of halogens is 5. The van der Waals surface area contributed by atoms with Crippen molar-refractivity contribution in [1.29, 1.82) is 0 Å². The molecule has 0 radical (unpaired) electrons. The first-order valence-corrected chi connectivity index (χ1v) is 8.72. The zero-order valence-electron chi connectivity index (χ0n) is 15.3. The molecule has 2 heterocycles. The van der Waals surface area contributed by atoms with E-state index in [0.29, 0.717) is 5.56 Å². The van der Waals surface area contributed by atoms with Gasteiger partial charge >= 0.3 is 0 Å². The van der Waals surface area contributed by atoms with Crippen molar-refractivity contribution in [3.63, 3.8) is 0 Å². The standard InChI is InChI=1S/C21H13F5N2O2/c1-9-5-13-11(16(29)7-14(27-13)20(23)24)6-17(9)30-18-8-15(21(25)26)28-19-10(18)3-2-4-12(19)22/h2-8,20-21H,1H3,(H,27,29). The molecule has 0 amide bonds. The number of benzene rings is 2. The van der Waals surface area contributed by atoms with Crippen LogP contribution in [0.25, 0.3) is 21.8 Å². The fourth-order valence-corrected chi connectivity index (χ4v) is 3.10. The van der Waals surface area contributed by atoms with Crippen LogP contribution in [0, 0.1) is 12.7 Å². The molecular weight excluding hydrogens is 407 g/mol. The van der Waals surface area contributed by atoms with E-state index in [2.05, 4.69) is 9.97 Å². The molecule has 0 spiro atoms. The summed E-state index contributed by atoms with van der Waals surface area (Å²) < 4.78 is 72.3. The van der Waals surface area contributed by atoms with E-state index in [-0.39, 0.29) is 33.3 Å². The summed E-state index contributed by atoms with van der Waals surface area (Å²) in [5, 5.41) is 10.4. The van der Waals surface area contributed by atoms with Gasteiger partial charge in [0.1, 0.15) is 40.0 Å². The summed E-state index contributed by atoms with van der Waals surface area (Å²) in [6, 6.07) is 8.60. The molecule has 2 aromatic heterocycles. The topological polar surface area (TPSA) is 55.2 Å². The average molecular weight is 420 g/mol. The number of rotatable bonds is 4. The molecule has 0 saturated carbocycles. The first-order chi connectivity index (χ1) is 14.2. The highest BCUT2D eigenvalue weighted by Gasteiger charge is 2.19. The summed E-state index contributed by atoms with van der Waals surface area (Å²) >= 11 is 0. The molecular formula is C21H13F5N2O2. The van der Waals surface area contributed by atoms with E-state index in [0.717, 1.165) is 18.2 Å². The predicted octanol–water partition coefficient (Wildman–Crippen LogP) is 6.60. The average Bonchev–Trinajstić information content (AvgIpc) is 2.69. The smallest absolute Gasteiger partial charge is 0.280 e. The Labute approximate surface area is 166 Å². The fourth-order valence-electron chi connectivity index (χ4n) is 3.10. The number of aromatic nitrogens is 2. The van der Waals surface area contributed by atoms with Gasteiger partial charge in [0.2, 0.25) is 0 Å². The minimum absolute atomic E-state index is 0.0612. The van der Waals surface area contributed by atoms with Crippen LogP contribution in [-0.2, 0) is 0 Å². The lowest BCUT2D eigenvalue weighted by Crippen LogP contribution is -1.98. The Kier molecular flexibility index (Phi) is 4.89. The molecule has 1 N–H and O–H groups in total. The number of alkyl halides is 4. The number of aromatic hydroxyl groups is 1. The van der Waals surface area contributed by atoms with Crippen molar-refractivity contribution < 1.29 is 31.8 Å². The molecule has 4 aromatic rings. The maximum absolute atomic E-state index is 14.1. The van der Waals surface area contributed by atoms with E-state index < -0.39 is 35.8 Å². The number of ether oxygens (including phenoxy) is 1. The van der Waals surface area contributed by atoms with E-state index >= 15 is 0 Å². The molecule has 0 atom stereocenters. The molecule has 0 fully saturated rings. The summed E-state index contributed by atoms with van der Waals surface area (Å²) in [6.45, 7) is 1.60. The Bertz CT molecular complexity index is 1280. The van der Waals surface area contributed by atoms with Crippen LogP contribution in [0.3, 0.4) is 0 Å². The van der Waals surface area contributed by atoms with Crippen LogP contribution in [0.4, 0.5) is 22.0 Å². The minimum atomic E-state index is -2.95. The van der Waals surface area contributed by atoms with E-state index in [1.807, 2.05) is 0 Å². The highest BCUT2D eigenvalue weighted by Crippen LogP contribution is 2.38. The number of fused-ring (bicyclic) bond motifs is 2. The van der Waals surface area contributed by atoms with Crippen LogP contribution in [-0.4, -0.2) is 15.1 Å². The third kappa shape index (κ3) is 3.47. The van der Waals surface area contributed by atoms with Gasteiger partial charge in [-0.05, 0) is 36.8 Å². The summed E-state index contributed by atoms with van der Waals surface area (Å²) in [7, 11) is 0. The maximum atomic E-state index is 14.1. The molecule has 0 saturated heterocycles. The van der Waals surface area contributed by atoms with E-state index in [1.54, 1.807) is 6.92 Å². The second-order valence-corrected chi connectivity index (χ2v) is 6.59. The molecule has 0 aliphatic heterocycles. The van der Waals surface area contributed by atoms with Crippen molar-refractivity contribution >= 4 is 21.8 Å². The SMILES string of the molecule is Cc1cc2nc(C(F)F)cc(O)c2cc1Oc1cc(C(F)F)nc2c(F)cccc12. The van der Waals surface area contributed by atoms with Gasteiger partial charge in [0, 0.05) is 22.9 Å². The quantitative estimate of drug-likeness (QED) is 0.378. The van der Waals surface area contributed by atoms with Gasteiger partial charge < -0.3 is 9.84 Å². The van der Waals surface area contributed by atoms with Crippen molar-refractivity contribution in [3.8, 4) is 17.2 Å². The molecule has 2 aromatic carbocycles. The maximum Gasteiger partial charge on any atom is 0.280 e. The van der Waals surface area contributed by atoms with Gasteiger partial charge in [-0.15, -0.1) is 0 Å². The largest absolute Gasteiger partial charge is 0.507 e. The van der Waals surface area contributed by atoms with E-state index in [9.17, 15) is 27.1 Å². The first kappa shape index (κ1) is 19.8. The van der Waals surface area contributed by atoms with Crippen LogP contribution in [0.1, 0.15) is 29.8 Å². The molecule has 0 aliphatic rings. The Hall–Kier alpha value is -3.49. The van der Waals surface area contributed by atoms with Crippen LogP contribution < -0.4 is 4.74 Å². The van der Waals surface area contributed by atoms with Crippen LogP contribution in [0.2, 0.25) is 0 Å². The van der Waals surface area contributed by atoms with Gasteiger partial charge in [0.05, 0.1) is 5.52 Å². The van der Waals surface area contributed by atoms with Gasteiger partial charge in [-0.1, -0.05) is 6.07 Å². The van der Waals surface area contributed by atoms with Crippen molar-refractivity contribution in [2.45, 2.75) is 19.8 Å². The molecule has 154 valence electrons. The molecule has 9 heteroatoms. The number of hydrogen-bond donors (Lipinski definition) is 1. The lowest BCUT2D eigenvalue weighted by atomic mass is 10.1. The molecule has 4 rings (SSSR count). The number of para-hydroxylation sites is 1. The second kappa shape index (κ2) is 7.40. The predicted molar refractivity (Wildman–Crippen MR) is 99.8 cm³/mol. The third-order valence-electron chi connectivity index (χ3n) is 4.54. The lowest BCUT2D eigenvalue weighted by Gasteiger charge is -2.14.